The Morgan fingerprint density at radius 3 is 2.40 bits per heavy atom. The van der Waals surface area contributed by atoms with Crippen molar-refractivity contribution in [2.24, 2.45) is 11.7 Å². The lowest BCUT2D eigenvalue weighted by Crippen LogP contribution is -2.48. The molecule has 25 heavy (non-hydrogen) atoms. The molecule has 1 rings (SSSR count). The predicted octanol–water partition coefficient (Wildman–Crippen LogP) is 2.39. The molecule has 1 aromatic rings. The highest BCUT2D eigenvalue weighted by Gasteiger charge is 2.27. The van der Waals surface area contributed by atoms with Crippen molar-refractivity contribution in [2.45, 2.75) is 39.2 Å². The van der Waals surface area contributed by atoms with Crippen molar-refractivity contribution in [3.05, 3.63) is 34.6 Å². The van der Waals surface area contributed by atoms with Crippen molar-refractivity contribution in [3.63, 3.8) is 0 Å². The highest BCUT2D eigenvalue weighted by Crippen LogP contribution is 2.31. The molecule has 2 amide bonds. The minimum absolute atomic E-state index is 0. The molecule has 0 saturated heterocycles. The largest absolute Gasteiger partial charge is 0.354 e. The van der Waals surface area contributed by atoms with Gasteiger partial charge in [-0.15, -0.1) is 12.4 Å². The van der Waals surface area contributed by atoms with Crippen molar-refractivity contribution in [1.82, 2.24) is 10.6 Å². The number of rotatable bonds is 7. The van der Waals surface area contributed by atoms with Crippen LogP contribution in [0.15, 0.2) is 18.2 Å². The molecule has 5 nitrogen and oxygen atoms in total. The van der Waals surface area contributed by atoms with Crippen LogP contribution in [-0.2, 0) is 15.0 Å². The molecular formula is C17H26Cl2FN3O2. The van der Waals surface area contributed by atoms with Crippen LogP contribution < -0.4 is 16.4 Å². The number of carbonyl (C=O) groups excluding carboxylic acids is 2. The molecule has 0 bridgehead atoms. The van der Waals surface area contributed by atoms with E-state index in [0.717, 1.165) is 0 Å². The van der Waals surface area contributed by atoms with Gasteiger partial charge in [0.05, 0.1) is 12.6 Å². The molecule has 0 aliphatic heterocycles. The van der Waals surface area contributed by atoms with Crippen LogP contribution in [0.3, 0.4) is 0 Å². The first-order valence-electron chi connectivity index (χ1n) is 7.80. The summed E-state index contributed by atoms with van der Waals surface area (Å²) in [6.07, 6.45) is 0. The summed E-state index contributed by atoms with van der Waals surface area (Å²) in [5, 5.41) is 5.48. The summed E-state index contributed by atoms with van der Waals surface area (Å²) in [4.78, 5) is 23.6. The quantitative estimate of drug-likeness (QED) is 0.664. The zero-order chi connectivity index (χ0) is 18.5. The minimum atomic E-state index is -0.698. The zero-order valence-corrected chi connectivity index (χ0v) is 16.4. The molecule has 0 unspecified atom stereocenters. The highest BCUT2D eigenvalue weighted by atomic mass is 35.5. The first kappa shape index (κ1) is 23.6. The van der Waals surface area contributed by atoms with E-state index in [9.17, 15) is 14.0 Å². The number of halogens is 3. The summed E-state index contributed by atoms with van der Waals surface area (Å²) in [7, 11) is 0. The molecule has 0 spiro atoms. The normalized spacial score (nSPS) is 12.3. The Kier molecular flexibility index (Phi) is 9.40. The minimum Gasteiger partial charge on any atom is -0.354 e. The van der Waals surface area contributed by atoms with E-state index >= 15 is 0 Å². The van der Waals surface area contributed by atoms with Gasteiger partial charge < -0.3 is 16.4 Å². The first-order chi connectivity index (χ1) is 11.1. The lowest BCUT2D eigenvalue weighted by atomic mass is 9.84. The number of hydrogen-bond donors (Lipinski definition) is 3. The Hall–Kier alpha value is -1.37. The summed E-state index contributed by atoms with van der Waals surface area (Å²) in [5.74, 6) is -1.19. The zero-order valence-electron chi connectivity index (χ0n) is 14.9. The van der Waals surface area contributed by atoms with Gasteiger partial charge in [0.1, 0.15) is 5.82 Å². The van der Waals surface area contributed by atoms with Crippen LogP contribution in [0.4, 0.5) is 4.39 Å². The Bertz CT molecular complexity index is 589. The van der Waals surface area contributed by atoms with Gasteiger partial charge in [-0.3, -0.25) is 9.59 Å². The maximum atomic E-state index is 14.0. The first-order valence-corrected chi connectivity index (χ1v) is 8.18. The van der Waals surface area contributed by atoms with E-state index in [-0.39, 0.29) is 43.2 Å². The maximum Gasteiger partial charge on any atom is 0.239 e. The van der Waals surface area contributed by atoms with E-state index in [1.54, 1.807) is 19.9 Å². The average molecular weight is 394 g/mol. The second-order valence-electron chi connectivity index (χ2n) is 6.74. The van der Waals surface area contributed by atoms with Gasteiger partial charge in [0, 0.05) is 22.5 Å². The number of benzene rings is 1. The molecule has 4 N–H and O–H groups in total. The second-order valence-corrected chi connectivity index (χ2v) is 7.15. The van der Waals surface area contributed by atoms with E-state index in [0.29, 0.717) is 10.6 Å². The Morgan fingerprint density at radius 1 is 1.28 bits per heavy atom. The van der Waals surface area contributed by atoms with Gasteiger partial charge in [0.25, 0.3) is 0 Å². The van der Waals surface area contributed by atoms with Gasteiger partial charge >= 0.3 is 0 Å². The van der Waals surface area contributed by atoms with Crippen molar-refractivity contribution in [2.75, 3.05) is 13.1 Å². The van der Waals surface area contributed by atoms with E-state index in [2.05, 4.69) is 10.6 Å². The van der Waals surface area contributed by atoms with Crippen LogP contribution in [0.5, 0.6) is 0 Å². The summed E-state index contributed by atoms with van der Waals surface area (Å²) in [6, 6.07) is 3.81. The summed E-state index contributed by atoms with van der Waals surface area (Å²) in [5.41, 5.74) is 5.35. The monoisotopic (exact) mass is 393 g/mol. The number of carbonyl (C=O) groups is 2. The molecular weight excluding hydrogens is 368 g/mol. The third-order valence-corrected chi connectivity index (χ3v) is 4.13. The van der Waals surface area contributed by atoms with Crippen LogP contribution in [0, 0.1) is 11.7 Å². The van der Waals surface area contributed by atoms with Gasteiger partial charge in [0.2, 0.25) is 11.8 Å². The van der Waals surface area contributed by atoms with Gasteiger partial charge in [-0.1, -0.05) is 45.4 Å². The van der Waals surface area contributed by atoms with E-state index in [1.165, 1.54) is 12.1 Å². The van der Waals surface area contributed by atoms with E-state index in [4.69, 9.17) is 17.3 Å². The van der Waals surface area contributed by atoms with Crippen LogP contribution in [-0.4, -0.2) is 30.9 Å². The topological polar surface area (TPSA) is 84.2 Å². The fraction of sp³-hybridized carbons (Fsp3) is 0.529. The maximum absolute atomic E-state index is 14.0. The fourth-order valence-electron chi connectivity index (χ4n) is 2.20. The molecule has 0 fully saturated rings. The third kappa shape index (κ3) is 6.80. The number of nitrogens with two attached hydrogens (primary N) is 1. The van der Waals surface area contributed by atoms with Crippen LogP contribution in [0.25, 0.3) is 0 Å². The standard InChI is InChI=1S/C17H25ClFN3O2.ClH/c1-10(2)15(20)16(24)21-8-13(23)22-9-17(3,4)14-11(18)6-5-7-12(14)19;/h5-7,10,15H,8-9,20H2,1-4H3,(H,21,24)(H,22,23);1H/t15-;/m0./s1. The molecule has 0 aliphatic carbocycles. The van der Waals surface area contributed by atoms with E-state index in [1.807, 2.05) is 13.8 Å². The molecule has 0 radical (unpaired) electrons. The summed E-state index contributed by atoms with van der Waals surface area (Å²) >= 11 is 6.07. The Morgan fingerprint density at radius 2 is 1.88 bits per heavy atom. The lowest BCUT2D eigenvalue weighted by molar-refractivity contribution is -0.127. The van der Waals surface area contributed by atoms with Crippen molar-refractivity contribution < 1.29 is 14.0 Å². The van der Waals surface area contributed by atoms with E-state index < -0.39 is 17.3 Å². The van der Waals surface area contributed by atoms with Gasteiger partial charge in [0.15, 0.2) is 0 Å². The Labute approximate surface area is 159 Å². The molecule has 1 aromatic carbocycles. The van der Waals surface area contributed by atoms with Gasteiger partial charge in [-0.2, -0.15) is 0 Å². The van der Waals surface area contributed by atoms with Crippen molar-refractivity contribution in [1.29, 1.82) is 0 Å². The van der Waals surface area contributed by atoms with Crippen LogP contribution in [0.2, 0.25) is 5.02 Å². The lowest BCUT2D eigenvalue weighted by Gasteiger charge is -2.27. The molecule has 0 aromatic heterocycles. The Balaban J connectivity index is 0.00000576. The summed E-state index contributed by atoms with van der Waals surface area (Å²) in [6.45, 7) is 7.21. The van der Waals surface area contributed by atoms with Crippen molar-refractivity contribution >= 4 is 35.8 Å². The molecule has 8 heteroatoms. The second kappa shape index (κ2) is 9.94. The average Bonchev–Trinajstić information content (AvgIpc) is 2.49. The van der Waals surface area contributed by atoms with Gasteiger partial charge in [-0.25, -0.2) is 4.39 Å². The SMILES string of the molecule is CC(C)[C@H](N)C(=O)NCC(=O)NCC(C)(C)c1c(F)cccc1Cl.Cl. The van der Waals surface area contributed by atoms with Crippen LogP contribution in [0.1, 0.15) is 33.3 Å². The van der Waals surface area contributed by atoms with Crippen LogP contribution >= 0.6 is 24.0 Å². The molecule has 142 valence electrons. The molecule has 0 heterocycles. The third-order valence-electron chi connectivity index (χ3n) is 3.81. The molecule has 1 atom stereocenters. The number of amides is 2. The fourth-order valence-corrected chi connectivity index (χ4v) is 2.62. The number of nitrogens with one attached hydrogen (secondary N) is 2. The molecule has 0 saturated carbocycles. The molecule has 0 aliphatic rings. The smallest absolute Gasteiger partial charge is 0.239 e. The number of hydrogen-bond acceptors (Lipinski definition) is 3. The highest BCUT2D eigenvalue weighted by molar-refractivity contribution is 6.31. The van der Waals surface area contributed by atoms with Gasteiger partial charge in [-0.05, 0) is 18.1 Å². The van der Waals surface area contributed by atoms with Crippen molar-refractivity contribution in [3.8, 4) is 0 Å². The predicted molar refractivity (Wildman–Crippen MR) is 101 cm³/mol. The summed E-state index contributed by atoms with van der Waals surface area (Å²) < 4.78 is 14.0.